The maximum Gasteiger partial charge on any atom is 0.303 e. The Balaban J connectivity index is 1.44. The molecule has 0 aromatic carbocycles. The van der Waals surface area contributed by atoms with Gasteiger partial charge >= 0.3 is 5.97 Å². The number of hydrogen-bond donors (Lipinski definition) is 1. The molecule has 4 saturated carbocycles. The predicted octanol–water partition coefficient (Wildman–Crippen LogP) is 3.74. The van der Waals surface area contributed by atoms with Gasteiger partial charge in [-0.05, 0) is 68.1 Å². The summed E-state index contributed by atoms with van der Waals surface area (Å²) in [6.07, 6.45) is 3.45. The van der Waals surface area contributed by atoms with E-state index in [4.69, 9.17) is 9.47 Å². The molecular formula is C23H32BrFO5. The molecule has 10 atom stereocenters. The quantitative estimate of drug-likeness (QED) is 0.373. The van der Waals surface area contributed by atoms with Crippen LogP contribution in [0.25, 0.3) is 0 Å². The fourth-order valence-electron chi connectivity index (χ4n) is 8.36. The lowest BCUT2D eigenvalue weighted by Crippen LogP contribution is -2.65. The summed E-state index contributed by atoms with van der Waals surface area (Å²) < 4.78 is 26.1. The zero-order chi connectivity index (χ0) is 21.7. The average molecular weight is 487 g/mol. The summed E-state index contributed by atoms with van der Waals surface area (Å²) >= 11 is 3.81. The number of aliphatic hydroxyl groups is 1. The van der Waals surface area contributed by atoms with Gasteiger partial charge in [-0.15, -0.1) is 0 Å². The summed E-state index contributed by atoms with van der Waals surface area (Å²) in [4.78, 5) is 24.3. The van der Waals surface area contributed by atoms with Gasteiger partial charge in [0, 0.05) is 12.3 Å². The number of aliphatic hydroxyl groups excluding tert-OH is 1. The minimum absolute atomic E-state index is 0.135. The molecule has 30 heavy (non-hydrogen) atoms. The second kappa shape index (κ2) is 6.50. The summed E-state index contributed by atoms with van der Waals surface area (Å²) in [6, 6.07) is 0. The highest BCUT2D eigenvalue weighted by Crippen LogP contribution is 2.75. The summed E-state index contributed by atoms with van der Waals surface area (Å²) in [6.45, 7) is 5.42. The van der Waals surface area contributed by atoms with Crippen molar-refractivity contribution in [2.45, 2.75) is 94.0 Å². The molecule has 5 nitrogen and oxygen atoms in total. The predicted molar refractivity (Wildman–Crippen MR) is 111 cm³/mol. The van der Waals surface area contributed by atoms with Crippen molar-refractivity contribution < 1.29 is 28.6 Å². The van der Waals surface area contributed by atoms with Gasteiger partial charge < -0.3 is 14.6 Å². The van der Waals surface area contributed by atoms with Crippen molar-refractivity contribution in [3.63, 3.8) is 0 Å². The molecule has 7 heteroatoms. The van der Waals surface area contributed by atoms with Crippen LogP contribution in [0.3, 0.4) is 0 Å². The van der Waals surface area contributed by atoms with Crippen molar-refractivity contribution in [2.75, 3.05) is 6.61 Å². The first-order chi connectivity index (χ1) is 14.0. The van der Waals surface area contributed by atoms with Crippen LogP contribution in [0.1, 0.15) is 65.7 Å². The lowest BCUT2D eigenvalue weighted by molar-refractivity contribution is -0.162. The third-order valence-electron chi connectivity index (χ3n) is 9.96. The normalized spacial score (nSPS) is 56.2. The second-order valence-corrected chi connectivity index (χ2v) is 12.4. The molecule has 5 aliphatic rings. The van der Waals surface area contributed by atoms with Gasteiger partial charge in [0.2, 0.25) is 5.78 Å². The van der Waals surface area contributed by atoms with Crippen LogP contribution in [-0.2, 0) is 19.1 Å². The van der Waals surface area contributed by atoms with Gasteiger partial charge in [0.05, 0.1) is 16.5 Å². The number of esters is 1. The van der Waals surface area contributed by atoms with Crippen LogP contribution in [0.4, 0.5) is 4.39 Å². The number of rotatable bonds is 3. The highest BCUT2D eigenvalue weighted by atomic mass is 79.9. The molecule has 0 amide bonds. The topological polar surface area (TPSA) is 76.1 Å². The molecule has 1 N–H and O–H groups in total. The number of carbonyl (C=O) groups excluding carboxylic acids is 2. The van der Waals surface area contributed by atoms with E-state index in [-0.39, 0.29) is 41.2 Å². The number of epoxide rings is 1. The molecule has 0 radical (unpaired) electrons. The van der Waals surface area contributed by atoms with Gasteiger partial charge in [-0.2, -0.15) is 0 Å². The van der Waals surface area contributed by atoms with Crippen LogP contribution in [-0.4, -0.2) is 51.8 Å². The van der Waals surface area contributed by atoms with Crippen LogP contribution in [0, 0.1) is 28.6 Å². The number of Topliss-reactive ketones (excluding diaryl/α,β-unsaturated/α-hetero) is 1. The first-order valence-corrected chi connectivity index (χ1v) is 12.1. The van der Waals surface area contributed by atoms with Crippen molar-refractivity contribution in [1.82, 2.24) is 0 Å². The van der Waals surface area contributed by atoms with E-state index in [0.717, 1.165) is 32.1 Å². The van der Waals surface area contributed by atoms with Crippen LogP contribution >= 0.6 is 15.9 Å². The molecule has 1 heterocycles. The van der Waals surface area contributed by atoms with Crippen LogP contribution < -0.4 is 0 Å². The largest absolute Gasteiger partial charge is 0.458 e. The summed E-state index contributed by atoms with van der Waals surface area (Å²) in [5, 5.41) is 10.3. The molecule has 5 rings (SSSR count). The van der Waals surface area contributed by atoms with Crippen molar-refractivity contribution >= 4 is 27.7 Å². The molecule has 5 fully saturated rings. The Bertz CT molecular complexity index is 792. The minimum atomic E-state index is -1.02. The van der Waals surface area contributed by atoms with Crippen molar-refractivity contribution in [3.8, 4) is 0 Å². The van der Waals surface area contributed by atoms with Gasteiger partial charge in [-0.3, -0.25) is 9.59 Å². The van der Waals surface area contributed by atoms with Gasteiger partial charge in [0.25, 0.3) is 0 Å². The lowest BCUT2D eigenvalue weighted by atomic mass is 9.44. The molecule has 0 spiro atoms. The smallest absolute Gasteiger partial charge is 0.303 e. The van der Waals surface area contributed by atoms with Crippen molar-refractivity contribution in [2.24, 2.45) is 28.6 Å². The SMILES string of the molecule is CC(=O)OCC(=O)C12OC1CC1C3CC(F)C4(Br)CC(O)CCC4(C)C3CCC12C. The molecule has 0 bridgehead atoms. The molecule has 1 saturated heterocycles. The monoisotopic (exact) mass is 486 g/mol. The zero-order valence-corrected chi connectivity index (χ0v) is 19.5. The Morgan fingerprint density at radius 2 is 1.87 bits per heavy atom. The fourth-order valence-corrected chi connectivity index (χ4v) is 9.41. The Labute approximate surface area is 185 Å². The number of fused-ring (bicyclic) bond motifs is 7. The fraction of sp³-hybridized carbons (Fsp3) is 0.913. The lowest BCUT2D eigenvalue weighted by Gasteiger charge is -2.65. The van der Waals surface area contributed by atoms with E-state index in [9.17, 15) is 14.7 Å². The summed E-state index contributed by atoms with van der Waals surface area (Å²) in [7, 11) is 0. The molecule has 10 unspecified atom stereocenters. The summed E-state index contributed by atoms with van der Waals surface area (Å²) in [5.41, 5.74) is -1.42. The Hall–Kier alpha value is -0.530. The number of alkyl halides is 2. The molecular weight excluding hydrogens is 455 g/mol. The number of hydrogen-bond acceptors (Lipinski definition) is 5. The van der Waals surface area contributed by atoms with E-state index < -0.39 is 28.2 Å². The average Bonchev–Trinajstić information content (AvgIpc) is 3.35. The molecule has 1 aliphatic heterocycles. The zero-order valence-electron chi connectivity index (χ0n) is 18.0. The van der Waals surface area contributed by atoms with Crippen molar-refractivity contribution in [1.29, 1.82) is 0 Å². The number of ketones is 1. The Kier molecular flexibility index (Phi) is 4.62. The van der Waals surface area contributed by atoms with E-state index >= 15 is 4.39 Å². The standard InChI is InChI=1S/C23H32BrFO5/c1-12(26)29-11-18(28)23-19(30-23)9-16-14-8-17(25)22(24)10-13(27)4-6-20(22,2)15(14)5-7-21(16,23)3/h13-17,19,27H,4-11H2,1-3H3. The van der Waals surface area contributed by atoms with Gasteiger partial charge in [0.15, 0.2) is 12.2 Å². The minimum Gasteiger partial charge on any atom is -0.458 e. The second-order valence-electron chi connectivity index (χ2n) is 11.0. The van der Waals surface area contributed by atoms with Crippen LogP contribution in [0.5, 0.6) is 0 Å². The molecule has 168 valence electrons. The first kappa shape index (κ1) is 21.3. The maximum atomic E-state index is 15.7. The third-order valence-corrected chi connectivity index (χ3v) is 11.7. The molecule has 0 aromatic heterocycles. The number of halogens is 2. The van der Waals surface area contributed by atoms with Crippen LogP contribution in [0.2, 0.25) is 0 Å². The van der Waals surface area contributed by atoms with Crippen molar-refractivity contribution in [3.05, 3.63) is 0 Å². The first-order valence-electron chi connectivity index (χ1n) is 11.3. The molecule has 0 aromatic rings. The van der Waals surface area contributed by atoms with E-state index in [1.54, 1.807) is 0 Å². The maximum absolute atomic E-state index is 15.7. The van der Waals surface area contributed by atoms with Gasteiger partial charge in [-0.25, -0.2) is 4.39 Å². The number of ether oxygens (including phenoxy) is 2. The Morgan fingerprint density at radius 3 is 2.57 bits per heavy atom. The highest BCUT2D eigenvalue weighted by molar-refractivity contribution is 9.10. The Morgan fingerprint density at radius 1 is 1.17 bits per heavy atom. The van der Waals surface area contributed by atoms with E-state index in [2.05, 4.69) is 29.8 Å². The van der Waals surface area contributed by atoms with E-state index in [0.29, 0.717) is 18.8 Å². The summed E-state index contributed by atoms with van der Waals surface area (Å²) in [5.74, 6) is 0.205. The highest BCUT2D eigenvalue weighted by Gasteiger charge is 2.81. The third kappa shape index (κ3) is 2.46. The van der Waals surface area contributed by atoms with Gasteiger partial charge in [-0.1, -0.05) is 29.8 Å². The van der Waals surface area contributed by atoms with E-state index in [1.165, 1.54) is 6.92 Å². The molecule has 4 aliphatic carbocycles. The van der Waals surface area contributed by atoms with Crippen LogP contribution in [0.15, 0.2) is 0 Å². The van der Waals surface area contributed by atoms with Gasteiger partial charge in [0.1, 0.15) is 6.17 Å². The number of carbonyl (C=O) groups is 2. The van der Waals surface area contributed by atoms with E-state index in [1.807, 2.05) is 0 Å².